The van der Waals surface area contributed by atoms with Gasteiger partial charge in [0.2, 0.25) is 5.91 Å². The Morgan fingerprint density at radius 1 is 1.43 bits per heavy atom. The molecule has 0 radical (unpaired) electrons. The van der Waals surface area contributed by atoms with E-state index in [1.165, 1.54) is 0 Å². The van der Waals surface area contributed by atoms with Crippen molar-refractivity contribution in [1.82, 2.24) is 5.32 Å². The molecule has 0 aliphatic carbocycles. The SMILES string of the molecule is CCNC(=O)C[C@H](N)c1ccccc1. The molecule has 1 amide bonds. The molecule has 0 spiro atoms. The lowest BCUT2D eigenvalue weighted by atomic mass is 10.0. The van der Waals surface area contributed by atoms with Crippen LogP contribution in [0.15, 0.2) is 30.3 Å². The summed E-state index contributed by atoms with van der Waals surface area (Å²) in [5.74, 6) is 0.00357. The molecule has 0 aliphatic heterocycles. The number of carbonyl (C=O) groups excluding carboxylic acids is 1. The number of benzene rings is 1. The predicted octanol–water partition coefficient (Wildman–Crippen LogP) is 1.21. The first kappa shape index (κ1) is 10.7. The van der Waals surface area contributed by atoms with E-state index in [2.05, 4.69) is 5.32 Å². The first-order chi connectivity index (χ1) is 6.74. The molecule has 76 valence electrons. The van der Waals surface area contributed by atoms with Gasteiger partial charge in [-0.1, -0.05) is 30.3 Å². The Morgan fingerprint density at radius 3 is 2.64 bits per heavy atom. The lowest BCUT2D eigenvalue weighted by molar-refractivity contribution is -0.121. The largest absolute Gasteiger partial charge is 0.356 e. The van der Waals surface area contributed by atoms with Crippen LogP contribution in [0.4, 0.5) is 0 Å². The highest BCUT2D eigenvalue weighted by molar-refractivity contribution is 5.76. The van der Waals surface area contributed by atoms with E-state index in [1.807, 2.05) is 37.3 Å². The third kappa shape index (κ3) is 3.18. The maximum atomic E-state index is 11.2. The first-order valence-electron chi connectivity index (χ1n) is 4.81. The van der Waals surface area contributed by atoms with Crippen molar-refractivity contribution in [1.29, 1.82) is 0 Å². The summed E-state index contributed by atoms with van der Waals surface area (Å²) < 4.78 is 0. The molecule has 3 nitrogen and oxygen atoms in total. The molecule has 0 aliphatic rings. The lowest BCUT2D eigenvalue weighted by Gasteiger charge is -2.11. The summed E-state index contributed by atoms with van der Waals surface area (Å²) in [6.07, 6.45) is 0.345. The van der Waals surface area contributed by atoms with Gasteiger partial charge in [-0.15, -0.1) is 0 Å². The highest BCUT2D eigenvalue weighted by Crippen LogP contribution is 2.12. The van der Waals surface area contributed by atoms with Gasteiger partial charge >= 0.3 is 0 Å². The Morgan fingerprint density at radius 2 is 2.07 bits per heavy atom. The standard InChI is InChI=1S/C11H16N2O/c1-2-13-11(14)8-10(12)9-6-4-3-5-7-9/h3-7,10H,2,8,12H2,1H3,(H,13,14)/t10-/m0/s1. The molecule has 1 aromatic rings. The van der Waals surface area contributed by atoms with Crippen LogP contribution in [0.25, 0.3) is 0 Å². The summed E-state index contributed by atoms with van der Waals surface area (Å²) in [5.41, 5.74) is 6.86. The fraction of sp³-hybridized carbons (Fsp3) is 0.364. The van der Waals surface area contributed by atoms with E-state index in [0.29, 0.717) is 13.0 Å². The normalized spacial score (nSPS) is 12.1. The first-order valence-corrected chi connectivity index (χ1v) is 4.81. The summed E-state index contributed by atoms with van der Waals surface area (Å²) >= 11 is 0. The van der Waals surface area contributed by atoms with Gasteiger partial charge in [-0.05, 0) is 12.5 Å². The Hall–Kier alpha value is -1.35. The monoisotopic (exact) mass is 192 g/mol. The van der Waals surface area contributed by atoms with E-state index in [9.17, 15) is 4.79 Å². The molecule has 0 saturated heterocycles. The van der Waals surface area contributed by atoms with E-state index < -0.39 is 0 Å². The minimum atomic E-state index is -0.206. The van der Waals surface area contributed by atoms with Crippen molar-refractivity contribution < 1.29 is 4.79 Å². The van der Waals surface area contributed by atoms with E-state index >= 15 is 0 Å². The average molecular weight is 192 g/mol. The van der Waals surface area contributed by atoms with Gasteiger partial charge in [-0.25, -0.2) is 0 Å². The number of hydrogen-bond acceptors (Lipinski definition) is 2. The fourth-order valence-electron chi connectivity index (χ4n) is 1.29. The average Bonchev–Trinajstić information content (AvgIpc) is 2.19. The van der Waals surface area contributed by atoms with Gasteiger partial charge in [0, 0.05) is 19.0 Å². The third-order valence-electron chi connectivity index (χ3n) is 2.01. The number of nitrogens with one attached hydrogen (secondary N) is 1. The summed E-state index contributed by atoms with van der Waals surface area (Å²) in [6.45, 7) is 2.55. The van der Waals surface area contributed by atoms with Crippen molar-refractivity contribution in [3.05, 3.63) is 35.9 Å². The smallest absolute Gasteiger partial charge is 0.221 e. The number of amides is 1. The topological polar surface area (TPSA) is 55.1 Å². The molecule has 0 saturated carbocycles. The molecular formula is C11H16N2O. The number of rotatable bonds is 4. The molecule has 14 heavy (non-hydrogen) atoms. The van der Waals surface area contributed by atoms with Gasteiger partial charge in [-0.3, -0.25) is 4.79 Å². The van der Waals surface area contributed by atoms with Gasteiger partial charge in [-0.2, -0.15) is 0 Å². The Bertz CT molecular complexity index is 285. The van der Waals surface area contributed by atoms with Crippen molar-refractivity contribution in [3.8, 4) is 0 Å². The van der Waals surface area contributed by atoms with Crippen LogP contribution in [0, 0.1) is 0 Å². The van der Waals surface area contributed by atoms with Crippen molar-refractivity contribution in [3.63, 3.8) is 0 Å². The van der Waals surface area contributed by atoms with Gasteiger partial charge < -0.3 is 11.1 Å². The molecular weight excluding hydrogens is 176 g/mol. The molecule has 3 heteroatoms. The molecule has 0 aromatic heterocycles. The molecule has 1 atom stereocenters. The molecule has 1 aromatic carbocycles. The quantitative estimate of drug-likeness (QED) is 0.753. The molecule has 0 heterocycles. The summed E-state index contributed by atoms with van der Waals surface area (Å²) in [7, 11) is 0. The Labute approximate surface area is 84.3 Å². The molecule has 0 bridgehead atoms. The van der Waals surface area contributed by atoms with E-state index in [0.717, 1.165) is 5.56 Å². The van der Waals surface area contributed by atoms with Crippen LogP contribution < -0.4 is 11.1 Å². The van der Waals surface area contributed by atoms with Gasteiger partial charge in [0.05, 0.1) is 0 Å². The van der Waals surface area contributed by atoms with Crippen molar-refractivity contribution in [2.75, 3.05) is 6.54 Å². The Balaban J connectivity index is 2.50. The number of hydrogen-bond donors (Lipinski definition) is 2. The van der Waals surface area contributed by atoms with Crippen LogP contribution in [0.2, 0.25) is 0 Å². The van der Waals surface area contributed by atoms with Crippen LogP contribution in [-0.2, 0) is 4.79 Å². The molecule has 0 fully saturated rings. The highest BCUT2D eigenvalue weighted by atomic mass is 16.1. The molecule has 0 unspecified atom stereocenters. The van der Waals surface area contributed by atoms with Gasteiger partial charge in [0.1, 0.15) is 0 Å². The maximum absolute atomic E-state index is 11.2. The third-order valence-corrected chi connectivity index (χ3v) is 2.01. The van der Waals surface area contributed by atoms with Gasteiger partial charge in [0.15, 0.2) is 0 Å². The molecule has 1 rings (SSSR count). The van der Waals surface area contributed by atoms with Crippen LogP contribution in [0.1, 0.15) is 24.9 Å². The van der Waals surface area contributed by atoms with Crippen LogP contribution >= 0.6 is 0 Å². The zero-order valence-electron chi connectivity index (χ0n) is 8.36. The summed E-state index contributed by atoms with van der Waals surface area (Å²) in [5, 5.41) is 2.73. The van der Waals surface area contributed by atoms with Gasteiger partial charge in [0.25, 0.3) is 0 Å². The van der Waals surface area contributed by atoms with E-state index in [1.54, 1.807) is 0 Å². The predicted molar refractivity (Wildman–Crippen MR) is 56.7 cm³/mol. The summed E-state index contributed by atoms with van der Waals surface area (Å²) in [6, 6.07) is 9.44. The van der Waals surface area contributed by atoms with Crippen molar-refractivity contribution >= 4 is 5.91 Å². The maximum Gasteiger partial charge on any atom is 0.221 e. The summed E-state index contributed by atoms with van der Waals surface area (Å²) in [4.78, 5) is 11.2. The van der Waals surface area contributed by atoms with Crippen LogP contribution in [-0.4, -0.2) is 12.5 Å². The second-order valence-corrected chi connectivity index (χ2v) is 3.17. The highest BCUT2D eigenvalue weighted by Gasteiger charge is 2.09. The zero-order valence-corrected chi connectivity index (χ0v) is 8.36. The fourth-order valence-corrected chi connectivity index (χ4v) is 1.29. The zero-order chi connectivity index (χ0) is 10.4. The number of carbonyl (C=O) groups is 1. The van der Waals surface area contributed by atoms with Crippen molar-refractivity contribution in [2.24, 2.45) is 5.73 Å². The van der Waals surface area contributed by atoms with Crippen LogP contribution in [0.5, 0.6) is 0 Å². The van der Waals surface area contributed by atoms with Crippen LogP contribution in [0.3, 0.4) is 0 Å². The van der Waals surface area contributed by atoms with E-state index in [4.69, 9.17) is 5.73 Å². The Kier molecular flexibility index (Phi) is 4.13. The minimum absolute atomic E-state index is 0.00357. The molecule has 3 N–H and O–H groups in total. The second-order valence-electron chi connectivity index (χ2n) is 3.17. The number of nitrogens with two attached hydrogens (primary N) is 1. The second kappa shape index (κ2) is 5.40. The minimum Gasteiger partial charge on any atom is -0.356 e. The van der Waals surface area contributed by atoms with E-state index in [-0.39, 0.29) is 11.9 Å². The lowest BCUT2D eigenvalue weighted by Crippen LogP contribution is -2.27. The van der Waals surface area contributed by atoms with Crippen molar-refractivity contribution in [2.45, 2.75) is 19.4 Å².